The molecule has 0 bridgehead atoms. The van der Waals surface area contributed by atoms with E-state index in [1.165, 1.54) is 17.4 Å². The minimum absolute atomic E-state index is 0.165. The average molecular weight is 457 g/mol. The van der Waals surface area contributed by atoms with Gasteiger partial charge in [-0.1, -0.05) is 42.0 Å². The molecule has 2 heterocycles. The lowest BCUT2D eigenvalue weighted by Crippen LogP contribution is -2.11. The fraction of sp³-hybridized carbons (Fsp3) is 0.143. The molecule has 0 aliphatic heterocycles. The van der Waals surface area contributed by atoms with Crippen LogP contribution in [0.3, 0.4) is 0 Å². The molecule has 4 rings (SSSR count). The predicted molar refractivity (Wildman–Crippen MR) is 135 cm³/mol. The maximum Gasteiger partial charge on any atom is 0.196 e. The number of hydrogen-bond donors (Lipinski definition) is 0. The number of ketones is 1. The number of ether oxygens (including phenoxy) is 1. The van der Waals surface area contributed by atoms with Gasteiger partial charge in [0, 0.05) is 16.0 Å². The van der Waals surface area contributed by atoms with E-state index < -0.39 is 0 Å². The molecule has 2 aromatic carbocycles. The molecule has 2 aromatic heterocycles. The molecule has 4 nitrogen and oxygen atoms in total. The van der Waals surface area contributed by atoms with Crippen molar-refractivity contribution in [1.82, 2.24) is 0 Å². The van der Waals surface area contributed by atoms with E-state index in [9.17, 15) is 9.59 Å². The first-order valence-electron chi connectivity index (χ1n) is 10.6. The summed E-state index contributed by atoms with van der Waals surface area (Å²) >= 11 is 1.54. The summed E-state index contributed by atoms with van der Waals surface area (Å²) < 4.78 is 12.2. The van der Waals surface area contributed by atoms with E-state index in [0.29, 0.717) is 29.1 Å². The van der Waals surface area contributed by atoms with Crippen LogP contribution in [0.15, 0.2) is 86.9 Å². The topological polar surface area (TPSA) is 56.5 Å². The van der Waals surface area contributed by atoms with Crippen LogP contribution >= 0.6 is 11.3 Å². The maximum atomic E-state index is 13.4. The second-order valence-corrected chi connectivity index (χ2v) is 8.85. The average Bonchev–Trinajstić information content (AvgIpc) is 3.33. The van der Waals surface area contributed by atoms with Gasteiger partial charge in [-0.3, -0.25) is 9.59 Å². The molecule has 33 heavy (non-hydrogen) atoms. The van der Waals surface area contributed by atoms with E-state index in [1.807, 2.05) is 67.8 Å². The van der Waals surface area contributed by atoms with Crippen molar-refractivity contribution >= 4 is 34.2 Å². The minimum atomic E-state index is -0.285. The summed E-state index contributed by atoms with van der Waals surface area (Å²) in [6, 6.07) is 16.6. The zero-order valence-corrected chi connectivity index (χ0v) is 19.6. The fourth-order valence-electron chi connectivity index (χ4n) is 3.48. The summed E-state index contributed by atoms with van der Waals surface area (Å²) in [4.78, 5) is 27.6. The summed E-state index contributed by atoms with van der Waals surface area (Å²) in [7, 11) is 0. The van der Waals surface area contributed by atoms with Gasteiger partial charge >= 0.3 is 0 Å². The Kier molecular flexibility index (Phi) is 6.71. The molecule has 5 heteroatoms. The highest BCUT2D eigenvalue weighted by molar-refractivity contribution is 7.10. The summed E-state index contributed by atoms with van der Waals surface area (Å²) in [6.07, 6.45) is 5.19. The summed E-state index contributed by atoms with van der Waals surface area (Å²) in [6.45, 7) is 6.01. The zero-order valence-electron chi connectivity index (χ0n) is 18.8. The molecule has 0 radical (unpaired) electrons. The number of thiophene rings is 1. The monoisotopic (exact) mass is 456 g/mol. The second-order valence-electron chi connectivity index (χ2n) is 7.87. The Bertz CT molecular complexity index is 1400. The van der Waals surface area contributed by atoms with Crippen LogP contribution in [-0.4, -0.2) is 12.4 Å². The van der Waals surface area contributed by atoms with Gasteiger partial charge in [0.1, 0.15) is 23.7 Å². The van der Waals surface area contributed by atoms with E-state index in [2.05, 4.69) is 0 Å². The number of fused-ring (bicyclic) bond motifs is 1. The first kappa shape index (κ1) is 22.5. The van der Waals surface area contributed by atoms with Gasteiger partial charge in [-0.2, -0.15) is 0 Å². The van der Waals surface area contributed by atoms with Gasteiger partial charge in [-0.25, -0.2) is 0 Å². The Balaban J connectivity index is 1.92. The molecule has 0 spiro atoms. The van der Waals surface area contributed by atoms with Gasteiger partial charge in [0.05, 0.1) is 5.39 Å². The summed E-state index contributed by atoms with van der Waals surface area (Å²) in [5.41, 5.74) is 2.70. The zero-order chi connectivity index (χ0) is 23.4. The van der Waals surface area contributed by atoms with Crippen LogP contribution in [0, 0.1) is 6.92 Å². The number of hydrogen-bond acceptors (Lipinski definition) is 5. The van der Waals surface area contributed by atoms with E-state index in [0.717, 1.165) is 16.0 Å². The highest BCUT2D eigenvalue weighted by Crippen LogP contribution is 2.32. The molecule has 0 N–H and O–H groups in total. The van der Waals surface area contributed by atoms with E-state index >= 15 is 0 Å². The van der Waals surface area contributed by atoms with Crippen LogP contribution in [0.1, 0.15) is 34.6 Å². The lowest BCUT2D eigenvalue weighted by molar-refractivity contribution is 0.104. The van der Waals surface area contributed by atoms with Crippen molar-refractivity contribution in [2.75, 3.05) is 6.61 Å². The lowest BCUT2D eigenvalue weighted by Gasteiger charge is -2.13. The van der Waals surface area contributed by atoms with Crippen molar-refractivity contribution in [2.24, 2.45) is 0 Å². The van der Waals surface area contributed by atoms with Gasteiger partial charge in [-0.05, 0) is 62.6 Å². The van der Waals surface area contributed by atoms with Crippen molar-refractivity contribution in [3.8, 4) is 17.1 Å². The van der Waals surface area contributed by atoms with Crippen LogP contribution in [0.5, 0.6) is 5.75 Å². The van der Waals surface area contributed by atoms with Gasteiger partial charge < -0.3 is 9.15 Å². The molecule has 0 atom stereocenters. The third-order valence-corrected chi connectivity index (χ3v) is 6.04. The molecular weight excluding hydrogens is 432 g/mol. The van der Waals surface area contributed by atoms with Crippen LogP contribution in [0.2, 0.25) is 0 Å². The van der Waals surface area contributed by atoms with Crippen LogP contribution < -0.4 is 10.2 Å². The molecule has 0 saturated heterocycles. The number of carbonyl (C=O) groups is 1. The molecule has 0 amide bonds. The quantitative estimate of drug-likeness (QED) is 0.169. The van der Waals surface area contributed by atoms with Gasteiger partial charge in [-0.15, -0.1) is 11.3 Å². The molecule has 0 unspecified atom stereocenters. The van der Waals surface area contributed by atoms with Gasteiger partial charge in [0.25, 0.3) is 0 Å². The van der Waals surface area contributed by atoms with Crippen molar-refractivity contribution in [3.63, 3.8) is 0 Å². The van der Waals surface area contributed by atoms with Crippen molar-refractivity contribution in [1.29, 1.82) is 0 Å². The maximum absolute atomic E-state index is 13.4. The summed E-state index contributed by atoms with van der Waals surface area (Å²) in [5.74, 6) is 0.546. The van der Waals surface area contributed by atoms with Gasteiger partial charge in [0.2, 0.25) is 0 Å². The smallest absolute Gasteiger partial charge is 0.196 e. The third-order valence-electron chi connectivity index (χ3n) is 5.20. The number of benzene rings is 2. The normalized spacial score (nSPS) is 11.1. The number of carbonyl (C=O) groups excluding carboxylic acids is 1. The van der Waals surface area contributed by atoms with Crippen molar-refractivity contribution in [2.45, 2.75) is 20.8 Å². The molecule has 4 aromatic rings. The lowest BCUT2D eigenvalue weighted by atomic mass is 10.0. The Morgan fingerprint density at radius 1 is 1.06 bits per heavy atom. The van der Waals surface area contributed by atoms with Crippen molar-refractivity contribution < 1.29 is 13.9 Å². The third kappa shape index (κ3) is 4.89. The standard InChI is InChI=1S/C28H24O4S/c1-18(2)15-16-31-24-14-12-22-26(30)19(3)27(20-8-5-4-6-9-20)32-28(22)25(24)23(29)13-11-21-10-7-17-33-21/h4-15,17H,16H2,1-3H3. The van der Waals surface area contributed by atoms with Crippen LogP contribution in [0.25, 0.3) is 28.4 Å². The Labute approximate surface area is 196 Å². The molecule has 0 aliphatic rings. The highest BCUT2D eigenvalue weighted by atomic mass is 32.1. The van der Waals surface area contributed by atoms with Gasteiger partial charge in [0.15, 0.2) is 16.8 Å². The summed E-state index contributed by atoms with van der Waals surface area (Å²) in [5, 5.41) is 2.30. The first-order valence-corrected chi connectivity index (χ1v) is 11.5. The number of rotatable bonds is 7. The van der Waals surface area contributed by atoms with E-state index in [-0.39, 0.29) is 22.4 Å². The molecular formula is C28H24O4S. The number of allylic oxidation sites excluding steroid dienone is 2. The van der Waals surface area contributed by atoms with E-state index in [4.69, 9.17) is 9.15 Å². The Hall–Kier alpha value is -3.70. The SMILES string of the molecule is CC(C)=CCOc1ccc2c(=O)c(C)c(-c3ccccc3)oc2c1C(=O)C=Cc1cccs1. The first-order chi connectivity index (χ1) is 16.0. The fourth-order valence-corrected chi connectivity index (χ4v) is 4.10. The molecule has 0 saturated carbocycles. The highest BCUT2D eigenvalue weighted by Gasteiger charge is 2.21. The largest absolute Gasteiger partial charge is 0.489 e. The second kappa shape index (κ2) is 9.84. The molecule has 0 aliphatic carbocycles. The van der Waals surface area contributed by atoms with Crippen LogP contribution in [-0.2, 0) is 0 Å². The van der Waals surface area contributed by atoms with Crippen LogP contribution in [0.4, 0.5) is 0 Å². The molecule has 0 fully saturated rings. The van der Waals surface area contributed by atoms with Crippen molar-refractivity contribution in [3.05, 3.63) is 104 Å². The Morgan fingerprint density at radius 2 is 1.85 bits per heavy atom. The Morgan fingerprint density at radius 3 is 2.55 bits per heavy atom. The molecule has 166 valence electrons. The van der Waals surface area contributed by atoms with E-state index in [1.54, 1.807) is 25.1 Å². The minimum Gasteiger partial charge on any atom is -0.489 e. The predicted octanol–water partition coefficient (Wildman–Crippen LogP) is 7.07.